The Bertz CT molecular complexity index is 1100. The van der Waals surface area contributed by atoms with Gasteiger partial charge in [-0.15, -0.1) is 0 Å². The van der Waals surface area contributed by atoms with Crippen molar-refractivity contribution in [3.63, 3.8) is 0 Å². The van der Waals surface area contributed by atoms with Crippen LogP contribution in [-0.4, -0.2) is 43.8 Å². The van der Waals surface area contributed by atoms with E-state index in [1.165, 1.54) is 24.3 Å². The summed E-state index contributed by atoms with van der Waals surface area (Å²) in [7, 11) is -3.76. The van der Waals surface area contributed by atoms with E-state index in [0.717, 1.165) is 24.0 Å². The van der Waals surface area contributed by atoms with Crippen molar-refractivity contribution in [1.29, 1.82) is 0 Å². The van der Waals surface area contributed by atoms with Gasteiger partial charge in [0.15, 0.2) is 0 Å². The highest BCUT2D eigenvalue weighted by Crippen LogP contribution is 2.30. The van der Waals surface area contributed by atoms with Crippen LogP contribution in [0.25, 0.3) is 0 Å². The maximum atomic E-state index is 13.1. The number of aryl methyl sites for hydroxylation is 2. The fourth-order valence-electron chi connectivity index (χ4n) is 4.16. The maximum Gasteiger partial charge on any atom is 0.261 e. The minimum Gasteiger partial charge on any atom is -0.354 e. The van der Waals surface area contributed by atoms with E-state index in [0.29, 0.717) is 24.2 Å². The molecule has 158 valence electrons. The number of carbonyl (C=O) groups excluding carboxylic acids is 2. The number of nitrogens with one attached hydrogen (secondary N) is 2. The van der Waals surface area contributed by atoms with Crippen LogP contribution in [0.1, 0.15) is 40.7 Å². The summed E-state index contributed by atoms with van der Waals surface area (Å²) in [6.45, 7) is 4.35. The summed E-state index contributed by atoms with van der Waals surface area (Å²) in [6, 6.07) is 11.2. The molecule has 0 aromatic heterocycles. The lowest BCUT2D eigenvalue weighted by atomic mass is 10.1. The Morgan fingerprint density at radius 2 is 1.73 bits per heavy atom. The van der Waals surface area contributed by atoms with Crippen molar-refractivity contribution in [1.82, 2.24) is 10.2 Å². The van der Waals surface area contributed by atoms with Gasteiger partial charge in [-0.05, 0) is 74.2 Å². The lowest BCUT2D eigenvalue weighted by Gasteiger charge is -2.27. The fourth-order valence-corrected chi connectivity index (χ4v) is 5.21. The third kappa shape index (κ3) is 3.92. The Hall–Kier alpha value is -2.87. The van der Waals surface area contributed by atoms with Gasteiger partial charge in [0.1, 0.15) is 0 Å². The number of hydrogen-bond acceptors (Lipinski definition) is 4. The zero-order chi connectivity index (χ0) is 21.5. The largest absolute Gasteiger partial charge is 0.354 e. The summed E-state index contributed by atoms with van der Waals surface area (Å²) >= 11 is 0. The highest BCUT2D eigenvalue weighted by atomic mass is 32.2. The molecule has 0 unspecified atom stereocenters. The van der Waals surface area contributed by atoms with E-state index < -0.39 is 10.0 Å². The molecule has 2 aliphatic heterocycles. The van der Waals surface area contributed by atoms with Crippen LogP contribution in [-0.2, 0) is 14.8 Å². The van der Waals surface area contributed by atoms with Crippen LogP contribution in [0.2, 0.25) is 0 Å². The van der Waals surface area contributed by atoms with Gasteiger partial charge in [-0.1, -0.05) is 6.07 Å². The molecule has 2 N–H and O–H groups in total. The van der Waals surface area contributed by atoms with Crippen LogP contribution < -0.4 is 10.0 Å². The summed E-state index contributed by atoms with van der Waals surface area (Å²) < 4.78 is 28.0. The second-order valence-electron chi connectivity index (χ2n) is 8.03. The SMILES string of the molecule is Cc1ccc(NS(=O)(=O)c2ccc(C(=O)N3[C@H]4CC[C@H]3CC(=O)NC4)cc2)cc1C. The predicted molar refractivity (Wildman–Crippen MR) is 114 cm³/mol. The summed E-state index contributed by atoms with van der Waals surface area (Å²) in [5, 5.41) is 2.85. The van der Waals surface area contributed by atoms with Crippen molar-refractivity contribution in [2.75, 3.05) is 11.3 Å². The first-order chi connectivity index (χ1) is 14.2. The minimum atomic E-state index is -3.76. The summed E-state index contributed by atoms with van der Waals surface area (Å²) in [6.07, 6.45) is 1.99. The predicted octanol–water partition coefficient (Wildman–Crippen LogP) is 2.60. The molecular weight excluding hydrogens is 402 g/mol. The molecular formula is C22H25N3O4S. The van der Waals surface area contributed by atoms with Gasteiger partial charge in [-0.3, -0.25) is 14.3 Å². The molecule has 2 bridgehead atoms. The second-order valence-corrected chi connectivity index (χ2v) is 9.72. The lowest BCUT2D eigenvalue weighted by molar-refractivity contribution is -0.121. The van der Waals surface area contributed by atoms with E-state index in [-0.39, 0.29) is 28.8 Å². The fraction of sp³-hybridized carbons (Fsp3) is 0.364. The topological polar surface area (TPSA) is 95.6 Å². The molecule has 2 amide bonds. The van der Waals surface area contributed by atoms with Gasteiger partial charge in [-0.25, -0.2) is 8.42 Å². The van der Waals surface area contributed by atoms with Crippen LogP contribution in [0.5, 0.6) is 0 Å². The molecule has 2 fully saturated rings. The van der Waals surface area contributed by atoms with Crippen molar-refractivity contribution in [3.8, 4) is 0 Å². The quantitative estimate of drug-likeness (QED) is 0.784. The monoisotopic (exact) mass is 427 g/mol. The smallest absolute Gasteiger partial charge is 0.261 e. The number of sulfonamides is 1. The van der Waals surface area contributed by atoms with E-state index in [9.17, 15) is 18.0 Å². The van der Waals surface area contributed by atoms with Gasteiger partial charge in [0, 0.05) is 36.3 Å². The van der Waals surface area contributed by atoms with Gasteiger partial charge in [0.2, 0.25) is 5.91 Å². The van der Waals surface area contributed by atoms with E-state index in [2.05, 4.69) is 10.0 Å². The van der Waals surface area contributed by atoms with Crippen LogP contribution in [0.4, 0.5) is 5.69 Å². The van der Waals surface area contributed by atoms with Gasteiger partial charge in [-0.2, -0.15) is 0 Å². The molecule has 2 aromatic carbocycles. The van der Waals surface area contributed by atoms with Gasteiger partial charge < -0.3 is 10.2 Å². The number of carbonyl (C=O) groups is 2. The Morgan fingerprint density at radius 1 is 1.03 bits per heavy atom. The third-order valence-electron chi connectivity index (χ3n) is 5.98. The van der Waals surface area contributed by atoms with Gasteiger partial charge in [0.25, 0.3) is 15.9 Å². The average Bonchev–Trinajstić information content (AvgIpc) is 3.02. The Balaban J connectivity index is 1.52. The van der Waals surface area contributed by atoms with Crippen LogP contribution >= 0.6 is 0 Å². The normalized spacial score (nSPS) is 21.1. The third-order valence-corrected chi connectivity index (χ3v) is 7.38. The zero-order valence-corrected chi connectivity index (χ0v) is 17.8. The standard InChI is InChI=1S/C22H25N3O4S/c1-14-3-6-17(11-15(14)2)24-30(28,29)20-9-4-16(5-10-20)22(27)25-18-7-8-19(25)13-23-21(26)12-18/h3-6,9-11,18-19,24H,7-8,12-13H2,1-2H3,(H,23,26)/t18-,19-/m0/s1. The molecule has 0 spiro atoms. The van der Waals surface area contributed by atoms with Crippen molar-refractivity contribution in [2.24, 2.45) is 0 Å². The number of anilines is 1. The van der Waals surface area contributed by atoms with Crippen LogP contribution in [0.15, 0.2) is 47.4 Å². The number of amides is 2. The van der Waals surface area contributed by atoms with Crippen LogP contribution in [0.3, 0.4) is 0 Å². The molecule has 8 heteroatoms. The highest BCUT2D eigenvalue weighted by molar-refractivity contribution is 7.92. The maximum absolute atomic E-state index is 13.1. The molecule has 2 atom stereocenters. The summed E-state index contributed by atoms with van der Waals surface area (Å²) in [4.78, 5) is 26.7. The molecule has 2 heterocycles. The van der Waals surface area contributed by atoms with E-state index in [1.54, 1.807) is 17.0 Å². The van der Waals surface area contributed by atoms with E-state index in [4.69, 9.17) is 0 Å². The van der Waals surface area contributed by atoms with Crippen molar-refractivity contribution in [2.45, 2.75) is 50.1 Å². The Morgan fingerprint density at radius 3 is 2.43 bits per heavy atom. The number of hydrogen-bond donors (Lipinski definition) is 2. The molecule has 2 aromatic rings. The molecule has 7 nitrogen and oxygen atoms in total. The molecule has 2 aliphatic rings. The first-order valence-corrected chi connectivity index (χ1v) is 11.5. The first kappa shape index (κ1) is 20.4. The zero-order valence-electron chi connectivity index (χ0n) is 17.0. The first-order valence-electron chi connectivity index (χ1n) is 10.0. The number of rotatable bonds is 4. The second kappa shape index (κ2) is 7.75. The minimum absolute atomic E-state index is 0.0104. The number of benzene rings is 2. The van der Waals surface area contributed by atoms with E-state index >= 15 is 0 Å². The van der Waals surface area contributed by atoms with Crippen molar-refractivity contribution < 1.29 is 18.0 Å². The average molecular weight is 428 g/mol. The highest BCUT2D eigenvalue weighted by Gasteiger charge is 2.40. The molecule has 0 aliphatic carbocycles. The molecule has 4 rings (SSSR count). The van der Waals surface area contributed by atoms with Crippen molar-refractivity contribution in [3.05, 3.63) is 59.2 Å². The molecule has 30 heavy (non-hydrogen) atoms. The Labute approximate surface area is 176 Å². The molecule has 0 saturated carbocycles. The van der Waals surface area contributed by atoms with Gasteiger partial charge >= 0.3 is 0 Å². The van der Waals surface area contributed by atoms with Crippen molar-refractivity contribution >= 4 is 27.5 Å². The molecule has 0 radical (unpaired) electrons. The van der Waals surface area contributed by atoms with Crippen LogP contribution in [0, 0.1) is 13.8 Å². The van der Waals surface area contributed by atoms with Gasteiger partial charge in [0.05, 0.1) is 4.90 Å². The lowest BCUT2D eigenvalue weighted by Crippen LogP contribution is -2.42. The number of fused-ring (bicyclic) bond motifs is 2. The number of nitrogens with zero attached hydrogens (tertiary/aromatic N) is 1. The van der Waals surface area contributed by atoms with E-state index in [1.807, 2.05) is 19.9 Å². The summed E-state index contributed by atoms with van der Waals surface area (Å²) in [5.41, 5.74) is 3.00. The Kier molecular flexibility index (Phi) is 5.27. The summed E-state index contributed by atoms with van der Waals surface area (Å²) in [5.74, 6) is -0.191. The molecule has 2 saturated heterocycles.